The van der Waals surface area contributed by atoms with Crippen molar-refractivity contribution in [1.29, 1.82) is 0 Å². The molecule has 0 amide bonds. The van der Waals surface area contributed by atoms with Gasteiger partial charge in [-0.3, -0.25) is 0 Å². The first-order chi connectivity index (χ1) is 9.74. The molecule has 5 nitrogen and oxygen atoms in total. The highest BCUT2D eigenvalue weighted by Gasteiger charge is 2.05. The molecule has 0 fully saturated rings. The summed E-state index contributed by atoms with van der Waals surface area (Å²) in [5.74, 6) is 1.18. The van der Waals surface area contributed by atoms with Crippen molar-refractivity contribution < 1.29 is 4.42 Å². The predicted octanol–water partition coefficient (Wildman–Crippen LogP) is 2.92. The quantitative estimate of drug-likeness (QED) is 0.741. The number of imidazole rings is 1. The summed E-state index contributed by atoms with van der Waals surface area (Å²) in [5.41, 5.74) is 8.53. The number of hydrogen-bond donors (Lipinski definition) is 1. The van der Waals surface area contributed by atoms with Crippen LogP contribution in [0, 0.1) is 6.92 Å². The van der Waals surface area contributed by atoms with Crippen molar-refractivity contribution in [1.82, 2.24) is 9.66 Å². The number of benzene rings is 1. The monoisotopic (exact) mass is 266 g/mol. The molecular weight excluding hydrogens is 252 g/mol. The second-order valence-electron chi connectivity index (χ2n) is 4.39. The van der Waals surface area contributed by atoms with Crippen molar-refractivity contribution in [2.75, 3.05) is 5.73 Å². The summed E-state index contributed by atoms with van der Waals surface area (Å²) >= 11 is 0. The van der Waals surface area contributed by atoms with Gasteiger partial charge in [0.25, 0.3) is 0 Å². The van der Waals surface area contributed by atoms with E-state index < -0.39 is 0 Å². The normalized spacial score (nSPS) is 11.2. The molecule has 5 heteroatoms. The molecule has 0 spiro atoms. The van der Waals surface area contributed by atoms with Crippen LogP contribution in [0.3, 0.4) is 0 Å². The Morgan fingerprint density at radius 2 is 2.10 bits per heavy atom. The van der Waals surface area contributed by atoms with Gasteiger partial charge in [0.15, 0.2) is 0 Å². The molecule has 2 heterocycles. The van der Waals surface area contributed by atoms with Gasteiger partial charge in [-0.05, 0) is 19.1 Å². The SMILES string of the molecule is Cc1cn(N=Cc2ccccc2-c2ccco2)c(N)n1. The van der Waals surface area contributed by atoms with Gasteiger partial charge >= 0.3 is 0 Å². The highest BCUT2D eigenvalue weighted by Crippen LogP contribution is 2.22. The number of aromatic nitrogens is 2. The van der Waals surface area contributed by atoms with Crippen LogP contribution < -0.4 is 5.73 Å². The number of aryl methyl sites for hydroxylation is 1. The summed E-state index contributed by atoms with van der Waals surface area (Å²) in [6.45, 7) is 1.87. The van der Waals surface area contributed by atoms with E-state index in [2.05, 4.69) is 10.1 Å². The standard InChI is InChI=1S/C15H14N4O/c1-11-10-19(15(16)18-11)17-9-12-5-2-3-6-13(12)14-7-4-8-20-14/h2-10H,1H3,(H2,16,18). The minimum atomic E-state index is 0.370. The van der Waals surface area contributed by atoms with E-state index in [-0.39, 0.29) is 0 Å². The smallest absolute Gasteiger partial charge is 0.221 e. The van der Waals surface area contributed by atoms with E-state index in [1.807, 2.05) is 43.3 Å². The van der Waals surface area contributed by atoms with E-state index in [1.165, 1.54) is 0 Å². The van der Waals surface area contributed by atoms with E-state index >= 15 is 0 Å². The third-order valence-electron chi connectivity index (χ3n) is 2.90. The Bertz CT molecular complexity index is 741. The number of nitrogens with zero attached hydrogens (tertiary/aromatic N) is 3. The van der Waals surface area contributed by atoms with Gasteiger partial charge in [-0.15, -0.1) is 0 Å². The lowest BCUT2D eigenvalue weighted by Crippen LogP contribution is -1.97. The molecular formula is C15H14N4O. The van der Waals surface area contributed by atoms with Crippen molar-refractivity contribution in [3.63, 3.8) is 0 Å². The van der Waals surface area contributed by atoms with Crippen LogP contribution in [0.5, 0.6) is 0 Å². The summed E-state index contributed by atoms with van der Waals surface area (Å²) in [5, 5.41) is 4.33. The maximum absolute atomic E-state index is 5.76. The Morgan fingerprint density at radius 3 is 2.80 bits per heavy atom. The van der Waals surface area contributed by atoms with Crippen LogP contribution >= 0.6 is 0 Å². The second-order valence-corrected chi connectivity index (χ2v) is 4.39. The molecule has 0 atom stereocenters. The number of rotatable bonds is 3. The molecule has 0 unspecified atom stereocenters. The molecule has 0 aliphatic rings. The summed E-state index contributed by atoms with van der Waals surface area (Å²) in [6.07, 6.45) is 5.18. The van der Waals surface area contributed by atoms with Crippen LogP contribution in [0.2, 0.25) is 0 Å². The minimum Gasteiger partial charge on any atom is -0.464 e. The maximum Gasteiger partial charge on any atom is 0.221 e. The van der Waals surface area contributed by atoms with Crippen LogP contribution in [0.25, 0.3) is 11.3 Å². The molecule has 3 aromatic rings. The van der Waals surface area contributed by atoms with Crippen molar-refractivity contribution in [2.24, 2.45) is 5.10 Å². The van der Waals surface area contributed by atoms with Gasteiger partial charge in [0.05, 0.1) is 24.4 Å². The average Bonchev–Trinajstić information content (AvgIpc) is 3.07. The fourth-order valence-corrected chi connectivity index (χ4v) is 1.99. The number of nitrogens with two attached hydrogens (primary N) is 1. The van der Waals surface area contributed by atoms with E-state index in [4.69, 9.17) is 10.2 Å². The van der Waals surface area contributed by atoms with Gasteiger partial charge in [0.1, 0.15) is 5.76 Å². The van der Waals surface area contributed by atoms with Crippen LogP contribution in [0.1, 0.15) is 11.3 Å². The Labute approximate surface area is 116 Å². The van der Waals surface area contributed by atoms with Crippen molar-refractivity contribution in [3.8, 4) is 11.3 Å². The van der Waals surface area contributed by atoms with Gasteiger partial charge < -0.3 is 10.2 Å². The van der Waals surface area contributed by atoms with Crippen LogP contribution in [0.15, 0.2) is 58.4 Å². The van der Waals surface area contributed by atoms with Gasteiger partial charge in [-0.2, -0.15) is 5.10 Å². The van der Waals surface area contributed by atoms with Crippen LogP contribution in [0.4, 0.5) is 5.95 Å². The molecule has 100 valence electrons. The zero-order valence-corrected chi connectivity index (χ0v) is 11.0. The van der Waals surface area contributed by atoms with Crippen LogP contribution in [-0.2, 0) is 0 Å². The molecule has 2 aromatic heterocycles. The topological polar surface area (TPSA) is 69.3 Å². The summed E-state index contributed by atoms with van der Waals surface area (Å²) in [6, 6.07) is 11.7. The molecule has 20 heavy (non-hydrogen) atoms. The molecule has 0 aliphatic heterocycles. The molecule has 0 aliphatic carbocycles. The van der Waals surface area contributed by atoms with Crippen LogP contribution in [-0.4, -0.2) is 15.9 Å². The molecule has 3 rings (SSSR count). The Hall–Kier alpha value is -2.82. The number of hydrogen-bond acceptors (Lipinski definition) is 4. The first-order valence-electron chi connectivity index (χ1n) is 6.23. The number of anilines is 1. The maximum atomic E-state index is 5.76. The largest absolute Gasteiger partial charge is 0.464 e. The number of furan rings is 1. The number of nitrogen functional groups attached to an aromatic ring is 1. The zero-order chi connectivity index (χ0) is 13.9. The third kappa shape index (κ3) is 2.33. The lowest BCUT2D eigenvalue weighted by molar-refractivity contribution is 0.582. The fourth-order valence-electron chi connectivity index (χ4n) is 1.99. The minimum absolute atomic E-state index is 0.370. The van der Waals surface area contributed by atoms with E-state index in [9.17, 15) is 0 Å². The lowest BCUT2D eigenvalue weighted by atomic mass is 10.1. The van der Waals surface area contributed by atoms with Gasteiger partial charge in [0, 0.05) is 11.1 Å². The predicted molar refractivity (Wildman–Crippen MR) is 78.5 cm³/mol. The Balaban J connectivity index is 1.97. The highest BCUT2D eigenvalue weighted by molar-refractivity contribution is 5.89. The van der Waals surface area contributed by atoms with Crippen molar-refractivity contribution >= 4 is 12.2 Å². The highest BCUT2D eigenvalue weighted by atomic mass is 16.3. The van der Waals surface area contributed by atoms with E-state index in [0.29, 0.717) is 5.95 Å². The Kier molecular flexibility index (Phi) is 3.09. The molecule has 2 N–H and O–H groups in total. The molecule has 0 saturated carbocycles. The lowest BCUT2D eigenvalue weighted by Gasteiger charge is -2.02. The van der Waals surface area contributed by atoms with Crippen molar-refractivity contribution in [2.45, 2.75) is 6.92 Å². The first kappa shape index (κ1) is 12.2. The van der Waals surface area contributed by atoms with Gasteiger partial charge in [-0.1, -0.05) is 24.3 Å². The molecule has 0 saturated heterocycles. The summed E-state index contributed by atoms with van der Waals surface area (Å²) in [7, 11) is 0. The molecule has 1 aromatic carbocycles. The van der Waals surface area contributed by atoms with Gasteiger partial charge in [0.2, 0.25) is 5.95 Å². The molecule has 0 bridgehead atoms. The van der Waals surface area contributed by atoms with Gasteiger partial charge in [-0.25, -0.2) is 9.66 Å². The van der Waals surface area contributed by atoms with E-state index in [0.717, 1.165) is 22.6 Å². The van der Waals surface area contributed by atoms with Crippen molar-refractivity contribution in [3.05, 3.63) is 60.1 Å². The average molecular weight is 266 g/mol. The summed E-state index contributed by atoms with van der Waals surface area (Å²) in [4.78, 5) is 4.10. The molecule has 0 radical (unpaired) electrons. The third-order valence-corrected chi connectivity index (χ3v) is 2.90. The second kappa shape index (κ2) is 5.05. The Morgan fingerprint density at radius 1 is 1.25 bits per heavy atom. The van der Waals surface area contributed by atoms with E-state index in [1.54, 1.807) is 23.4 Å². The zero-order valence-electron chi connectivity index (χ0n) is 11.0. The first-order valence-corrected chi connectivity index (χ1v) is 6.23. The fraction of sp³-hybridized carbons (Fsp3) is 0.0667. The summed E-state index contributed by atoms with van der Waals surface area (Å²) < 4.78 is 6.98.